The van der Waals surface area contributed by atoms with Gasteiger partial charge in [-0.15, -0.1) is 0 Å². The molecule has 3 aliphatic heterocycles. The molecule has 13 heteroatoms. The first kappa shape index (κ1) is 26.5. The number of methoxy groups -OCH3 is 1. The number of alkyl halides is 3. The molecule has 198 valence electrons. The largest absolute Gasteiger partial charge is 0.365 e. The molecule has 0 amide bonds. The van der Waals surface area contributed by atoms with Crippen molar-refractivity contribution in [1.82, 2.24) is 20.9 Å². The van der Waals surface area contributed by atoms with Crippen molar-refractivity contribution >= 4 is 9.84 Å². The van der Waals surface area contributed by atoms with E-state index in [0.29, 0.717) is 26.1 Å². The van der Waals surface area contributed by atoms with Crippen LogP contribution in [0, 0.1) is 5.92 Å². The van der Waals surface area contributed by atoms with Crippen LogP contribution >= 0.6 is 0 Å². The lowest BCUT2D eigenvalue weighted by molar-refractivity contribution is -0.0551. The molecule has 0 aromatic rings. The summed E-state index contributed by atoms with van der Waals surface area (Å²) in [6, 6.07) is -0.328. The van der Waals surface area contributed by atoms with Crippen molar-refractivity contribution in [2.45, 2.75) is 86.2 Å². The van der Waals surface area contributed by atoms with E-state index in [-0.39, 0.29) is 31.2 Å². The number of hydrogen-bond acceptors (Lipinski definition) is 9. The fourth-order valence-electron chi connectivity index (χ4n) is 5.82. The standard InChI is InChI=1S/C21H38F3N5O4S/c1-19(2)18(25)28-20(17(23)24,11-34(19,30)31)13-7-12(5-6-14(13)22)27-21(10-33-21)15-8-26-16(32-4)9-29(15)3/h12-18,26-28H,5-11,25H2,1-4H3. The molecule has 4 fully saturated rings. The number of hydrogen-bond donors (Lipinski definition) is 4. The Morgan fingerprint density at radius 1 is 1.29 bits per heavy atom. The molecule has 0 spiro atoms. The van der Waals surface area contributed by atoms with Crippen LogP contribution in [0.25, 0.3) is 0 Å². The monoisotopic (exact) mass is 513 g/mol. The summed E-state index contributed by atoms with van der Waals surface area (Å²) >= 11 is 0. The summed E-state index contributed by atoms with van der Waals surface area (Å²) in [5.41, 5.74) is 3.12. The fraction of sp³-hybridized carbons (Fsp3) is 1.00. The van der Waals surface area contributed by atoms with Crippen LogP contribution in [0.2, 0.25) is 0 Å². The van der Waals surface area contributed by atoms with Gasteiger partial charge in [-0.05, 0) is 40.2 Å². The van der Waals surface area contributed by atoms with Crippen molar-refractivity contribution in [2.75, 3.05) is 39.6 Å². The molecule has 0 aromatic heterocycles. The lowest BCUT2D eigenvalue weighted by Crippen LogP contribution is -2.77. The summed E-state index contributed by atoms with van der Waals surface area (Å²) in [7, 11) is -0.413. The van der Waals surface area contributed by atoms with E-state index in [1.165, 1.54) is 13.8 Å². The van der Waals surface area contributed by atoms with Gasteiger partial charge in [0.25, 0.3) is 6.43 Å². The zero-order valence-corrected chi connectivity index (χ0v) is 21.0. The number of epoxide rings is 1. The molecule has 4 aliphatic rings. The molecule has 8 atom stereocenters. The van der Waals surface area contributed by atoms with E-state index in [9.17, 15) is 17.2 Å². The van der Waals surface area contributed by atoms with E-state index in [2.05, 4.69) is 20.9 Å². The quantitative estimate of drug-likeness (QED) is 0.357. The topological polar surface area (TPSA) is 121 Å². The Balaban J connectivity index is 1.53. The minimum absolute atomic E-state index is 0.0214. The molecule has 34 heavy (non-hydrogen) atoms. The van der Waals surface area contributed by atoms with Crippen LogP contribution in [-0.4, -0.2) is 106 Å². The van der Waals surface area contributed by atoms with Crippen molar-refractivity contribution in [3.63, 3.8) is 0 Å². The first-order chi connectivity index (χ1) is 15.8. The smallest absolute Gasteiger partial charge is 0.257 e. The third-order valence-corrected chi connectivity index (χ3v) is 11.2. The molecule has 9 nitrogen and oxygen atoms in total. The third kappa shape index (κ3) is 4.40. The second kappa shape index (κ2) is 9.09. The Morgan fingerprint density at radius 3 is 2.50 bits per heavy atom. The molecule has 8 unspecified atom stereocenters. The van der Waals surface area contributed by atoms with Gasteiger partial charge >= 0.3 is 0 Å². The van der Waals surface area contributed by atoms with Gasteiger partial charge in [0.15, 0.2) is 15.6 Å². The van der Waals surface area contributed by atoms with Crippen LogP contribution in [0.4, 0.5) is 13.2 Å². The second-order valence-corrected chi connectivity index (χ2v) is 13.4. The SMILES string of the molecule is COC1CN(C)C(C2(NC3CCC(F)C(C4(C(F)F)CS(=O)(=O)C(C)(C)C(N)N4)C3)CO2)CN1. The average Bonchev–Trinajstić information content (AvgIpc) is 3.53. The van der Waals surface area contributed by atoms with E-state index in [1.54, 1.807) is 7.11 Å². The van der Waals surface area contributed by atoms with Crippen LogP contribution in [0.3, 0.4) is 0 Å². The number of halogens is 3. The molecule has 0 bridgehead atoms. The minimum atomic E-state index is -4.01. The highest BCUT2D eigenvalue weighted by atomic mass is 32.2. The predicted octanol–water partition coefficient (Wildman–Crippen LogP) is -0.229. The number of nitrogens with zero attached hydrogens (tertiary/aromatic N) is 1. The number of nitrogens with two attached hydrogens (primary N) is 1. The van der Waals surface area contributed by atoms with Crippen LogP contribution in [0.5, 0.6) is 0 Å². The van der Waals surface area contributed by atoms with Gasteiger partial charge in [-0.2, -0.15) is 0 Å². The molecular weight excluding hydrogens is 475 g/mol. The lowest BCUT2D eigenvalue weighted by atomic mass is 9.72. The van der Waals surface area contributed by atoms with Crippen molar-refractivity contribution in [3.05, 3.63) is 0 Å². The maximum absolute atomic E-state index is 15.2. The Hall–Kier alpha value is -0.540. The summed E-state index contributed by atoms with van der Waals surface area (Å²) in [5.74, 6) is -2.07. The summed E-state index contributed by atoms with van der Waals surface area (Å²) in [6.45, 7) is 4.52. The van der Waals surface area contributed by atoms with Gasteiger partial charge in [-0.3, -0.25) is 20.9 Å². The Bertz CT molecular complexity index is 861. The van der Waals surface area contributed by atoms with Gasteiger partial charge in [0, 0.05) is 32.2 Å². The highest BCUT2D eigenvalue weighted by Crippen LogP contribution is 2.45. The summed E-state index contributed by atoms with van der Waals surface area (Å²) < 4.78 is 80.1. The molecule has 4 rings (SSSR count). The summed E-state index contributed by atoms with van der Waals surface area (Å²) in [6.07, 6.45) is -5.46. The molecule has 3 heterocycles. The second-order valence-electron chi connectivity index (χ2n) is 10.9. The maximum atomic E-state index is 15.2. The minimum Gasteiger partial charge on any atom is -0.365 e. The Labute approximate surface area is 199 Å². The number of sulfone groups is 1. The Morgan fingerprint density at radius 2 is 1.97 bits per heavy atom. The zero-order chi connectivity index (χ0) is 25.1. The van der Waals surface area contributed by atoms with Crippen LogP contribution in [0.1, 0.15) is 33.1 Å². The van der Waals surface area contributed by atoms with Gasteiger partial charge in [-0.1, -0.05) is 0 Å². The van der Waals surface area contributed by atoms with Gasteiger partial charge in [0.05, 0.1) is 29.3 Å². The average molecular weight is 514 g/mol. The van der Waals surface area contributed by atoms with Crippen molar-refractivity contribution in [1.29, 1.82) is 0 Å². The van der Waals surface area contributed by atoms with Crippen molar-refractivity contribution in [3.8, 4) is 0 Å². The van der Waals surface area contributed by atoms with Crippen molar-refractivity contribution in [2.24, 2.45) is 11.7 Å². The first-order valence-corrected chi connectivity index (χ1v) is 13.5. The maximum Gasteiger partial charge on any atom is 0.257 e. The number of ether oxygens (including phenoxy) is 2. The molecule has 3 saturated heterocycles. The molecule has 5 N–H and O–H groups in total. The summed E-state index contributed by atoms with van der Waals surface area (Å²) in [5, 5.41) is 9.45. The van der Waals surface area contributed by atoms with E-state index in [4.69, 9.17) is 15.2 Å². The lowest BCUT2D eigenvalue weighted by Gasteiger charge is -2.53. The number of piperazine rings is 1. The number of nitrogens with one attached hydrogen (secondary N) is 3. The van der Waals surface area contributed by atoms with Gasteiger partial charge in [0.2, 0.25) is 0 Å². The first-order valence-electron chi connectivity index (χ1n) is 11.8. The zero-order valence-electron chi connectivity index (χ0n) is 20.2. The summed E-state index contributed by atoms with van der Waals surface area (Å²) in [4.78, 5) is 2.12. The molecule has 1 aliphatic carbocycles. The highest BCUT2D eigenvalue weighted by Gasteiger charge is 2.63. The van der Waals surface area contributed by atoms with E-state index in [0.717, 1.165) is 0 Å². The Kier molecular flexibility index (Phi) is 7.09. The fourth-order valence-corrected chi connectivity index (χ4v) is 7.69. The number of likely N-dealkylation sites (N-methyl/N-ethyl adjacent to an activating group) is 1. The molecular formula is C21H38F3N5O4S. The van der Waals surface area contributed by atoms with Crippen LogP contribution < -0.4 is 21.7 Å². The molecule has 0 aromatic carbocycles. The van der Waals surface area contributed by atoms with Crippen LogP contribution in [0.15, 0.2) is 0 Å². The van der Waals surface area contributed by atoms with Gasteiger partial charge < -0.3 is 15.2 Å². The predicted molar refractivity (Wildman–Crippen MR) is 121 cm³/mol. The van der Waals surface area contributed by atoms with Crippen LogP contribution in [-0.2, 0) is 19.3 Å². The van der Waals surface area contributed by atoms with Gasteiger partial charge in [0.1, 0.15) is 17.9 Å². The number of rotatable bonds is 6. The third-order valence-electron chi connectivity index (χ3n) is 8.47. The molecule has 0 radical (unpaired) electrons. The normalized spacial score (nSPS) is 47.0. The van der Waals surface area contributed by atoms with Gasteiger partial charge in [-0.25, -0.2) is 21.6 Å². The molecule has 1 saturated carbocycles. The van der Waals surface area contributed by atoms with E-state index in [1.807, 2.05) is 7.05 Å². The van der Waals surface area contributed by atoms with Crippen molar-refractivity contribution < 1.29 is 31.1 Å². The highest BCUT2D eigenvalue weighted by molar-refractivity contribution is 7.92. The van der Waals surface area contributed by atoms with E-state index >= 15 is 4.39 Å². The van der Waals surface area contributed by atoms with E-state index < -0.39 is 56.3 Å².